The molecule has 3 aromatic carbocycles. The molecular weight excluding hydrogens is 511 g/mol. The molecule has 0 radical (unpaired) electrons. The molecule has 0 saturated carbocycles. The molecular formula is C24H19BrCl2N4O. The van der Waals surface area contributed by atoms with Crippen LogP contribution in [0.1, 0.15) is 21.6 Å². The zero-order chi connectivity index (χ0) is 22.7. The van der Waals surface area contributed by atoms with Crippen molar-refractivity contribution in [1.82, 2.24) is 15.1 Å². The van der Waals surface area contributed by atoms with Gasteiger partial charge < -0.3 is 11.1 Å². The molecule has 3 N–H and O–H groups in total. The number of benzene rings is 3. The first-order valence-electron chi connectivity index (χ1n) is 9.83. The molecule has 0 unspecified atom stereocenters. The number of halogens is 3. The van der Waals surface area contributed by atoms with Gasteiger partial charge in [-0.25, -0.2) is 4.68 Å². The summed E-state index contributed by atoms with van der Waals surface area (Å²) < 4.78 is 2.64. The molecule has 0 spiro atoms. The van der Waals surface area contributed by atoms with E-state index in [1.165, 1.54) is 0 Å². The number of amides is 1. The van der Waals surface area contributed by atoms with Crippen molar-refractivity contribution in [2.75, 3.05) is 0 Å². The molecule has 1 amide bonds. The number of carbonyl (C=O) groups excluding carboxylic acids is 1. The average molecular weight is 530 g/mol. The van der Waals surface area contributed by atoms with Crippen LogP contribution in [0.15, 0.2) is 77.3 Å². The highest BCUT2D eigenvalue weighted by Crippen LogP contribution is 2.32. The molecule has 0 aliphatic rings. The van der Waals surface area contributed by atoms with Crippen LogP contribution in [-0.2, 0) is 13.1 Å². The topological polar surface area (TPSA) is 72.9 Å². The predicted octanol–water partition coefficient (Wildman–Crippen LogP) is 6.00. The molecule has 8 heteroatoms. The minimum Gasteiger partial charge on any atom is -0.347 e. The van der Waals surface area contributed by atoms with Gasteiger partial charge in [-0.3, -0.25) is 4.79 Å². The van der Waals surface area contributed by atoms with E-state index in [2.05, 4.69) is 26.3 Å². The van der Waals surface area contributed by atoms with Crippen LogP contribution in [0, 0.1) is 0 Å². The van der Waals surface area contributed by atoms with Crippen molar-refractivity contribution >= 4 is 45.0 Å². The largest absolute Gasteiger partial charge is 0.347 e. The third-order valence-electron chi connectivity index (χ3n) is 4.97. The second kappa shape index (κ2) is 9.88. The number of nitrogens with two attached hydrogens (primary N) is 1. The standard InChI is InChI=1S/C24H19BrCl2N4O/c25-17-9-5-15(6-10-17)14-29-24(32)22-19(13-28)23(16-7-11-18(26)12-8-16)31(30-22)21-4-2-1-3-20(21)27/h1-12H,13-14,28H2,(H,29,32). The average Bonchev–Trinajstić information content (AvgIpc) is 3.19. The zero-order valence-corrected chi connectivity index (χ0v) is 20.0. The zero-order valence-electron chi connectivity index (χ0n) is 16.9. The van der Waals surface area contributed by atoms with E-state index < -0.39 is 0 Å². The van der Waals surface area contributed by atoms with Gasteiger partial charge in [0, 0.05) is 33.7 Å². The lowest BCUT2D eigenvalue weighted by molar-refractivity contribution is 0.0944. The number of carbonyl (C=O) groups is 1. The van der Waals surface area contributed by atoms with E-state index in [-0.39, 0.29) is 18.1 Å². The van der Waals surface area contributed by atoms with Crippen molar-refractivity contribution in [2.24, 2.45) is 5.73 Å². The first-order chi connectivity index (χ1) is 15.5. The summed E-state index contributed by atoms with van der Waals surface area (Å²) >= 11 is 16.0. The Bertz CT molecular complexity index is 1250. The third-order valence-corrected chi connectivity index (χ3v) is 6.07. The highest BCUT2D eigenvalue weighted by Gasteiger charge is 2.24. The van der Waals surface area contributed by atoms with Crippen molar-refractivity contribution in [1.29, 1.82) is 0 Å². The monoisotopic (exact) mass is 528 g/mol. The number of nitrogens with one attached hydrogen (secondary N) is 1. The van der Waals surface area contributed by atoms with E-state index in [1.54, 1.807) is 22.9 Å². The maximum Gasteiger partial charge on any atom is 0.272 e. The number of para-hydroxylation sites is 1. The fourth-order valence-corrected chi connectivity index (χ4v) is 4.00. The molecule has 32 heavy (non-hydrogen) atoms. The SMILES string of the molecule is NCc1c(C(=O)NCc2ccc(Br)cc2)nn(-c2ccccc2Cl)c1-c1ccc(Cl)cc1. The molecule has 162 valence electrons. The Morgan fingerprint density at radius 2 is 1.69 bits per heavy atom. The minimum absolute atomic E-state index is 0.128. The van der Waals surface area contributed by atoms with Crippen molar-refractivity contribution < 1.29 is 4.79 Å². The molecule has 0 atom stereocenters. The van der Waals surface area contributed by atoms with Gasteiger partial charge in [-0.2, -0.15) is 5.10 Å². The highest BCUT2D eigenvalue weighted by molar-refractivity contribution is 9.10. The lowest BCUT2D eigenvalue weighted by atomic mass is 10.0. The summed E-state index contributed by atoms with van der Waals surface area (Å²) in [7, 11) is 0. The maximum absolute atomic E-state index is 13.1. The first kappa shape index (κ1) is 22.6. The van der Waals surface area contributed by atoms with Crippen molar-refractivity contribution in [3.8, 4) is 16.9 Å². The van der Waals surface area contributed by atoms with Gasteiger partial charge in [-0.1, -0.05) is 75.5 Å². The van der Waals surface area contributed by atoms with E-state index in [0.717, 1.165) is 15.6 Å². The van der Waals surface area contributed by atoms with Crippen molar-refractivity contribution in [2.45, 2.75) is 13.1 Å². The summed E-state index contributed by atoms with van der Waals surface area (Å²) in [5.74, 6) is -0.311. The van der Waals surface area contributed by atoms with Crippen LogP contribution in [0.3, 0.4) is 0 Å². The predicted molar refractivity (Wildman–Crippen MR) is 132 cm³/mol. The Morgan fingerprint density at radius 1 is 1.00 bits per heavy atom. The van der Waals surface area contributed by atoms with E-state index in [9.17, 15) is 4.79 Å². The van der Waals surface area contributed by atoms with Gasteiger partial charge in [0.15, 0.2) is 5.69 Å². The Hall–Kier alpha value is -2.64. The quantitative estimate of drug-likeness (QED) is 0.322. The smallest absolute Gasteiger partial charge is 0.272 e. The molecule has 0 fully saturated rings. The summed E-state index contributed by atoms with van der Waals surface area (Å²) in [6.07, 6.45) is 0. The van der Waals surface area contributed by atoms with Crippen LogP contribution in [0.4, 0.5) is 0 Å². The fourth-order valence-electron chi connectivity index (χ4n) is 3.40. The Morgan fingerprint density at radius 3 is 2.34 bits per heavy atom. The van der Waals surface area contributed by atoms with Gasteiger partial charge in [0.05, 0.1) is 16.4 Å². The summed E-state index contributed by atoms with van der Waals surface area (Å²) in [4.78, 5) is 13.1. The van der Waals surface area contributed by atoms with Crippen molar-refractivity contribution in [3.63, 3.8) is 0 Å². The summed E-state index contributed by atoms with van der Waals surface area (Å²) in [5, 5.41) is 8.69. The Kier molecular flexibility index (Phi) is 6.96. The van der Waals surface area contributed by atoms with Crippen molar-refractivity contribution in [3.05, 3.63) is 104 Å². The lowest BCUT2D eigenvalue weighted by Gasteiger charge is -2.11. The molecule has 1 heterocycles. The van der Waals surface area contributed by atoms with Gasteiger partial charge in [0.25, 0.3) is 5.91 Å². The highest BCUT2D eigenvalue weighted by atomic mass is 79.9. The third kappa shape index (κ3) is 4.74. The molecule has 0 aliphatic heterocycles. The van der Waals surface area contributed by atoms with E-state index in [1.807, 2.05) is 54.6 Å². The van der Waals surface area contributed by atoms with Crippen LogP contribution < -0.4 is 11.1 Å². The molecule has 0 bridgehead atoms. The van der Waals surface area contributed by atoms with Gasteiger partial charge >= 0.3 is 0 Å². The van der Waals surface area contributed by atoms with Gasteiger partial charge in [0.1, 0.15) is 0 Å². The van der Waals surface area contributed by atoms with Gasteiger partial charge in [-0.15, -0.1) is 0 Å². The summed E-state index contributed by atoms with van der Waals surface area (Å²) in [6.45, 7) is 0.495. The normalized spacial score (nSPS) is 10.9. The van der Waals surface area contributed by atoms with E-state index in [0.29, 0.717) is 33.5 Å². The molecule has 0 aliphatic carbocycles. The number of aromatic nitrogens is 2. The summed E-state index contributed by atoms with van der Waals surface area (Å²) in [5.41, 5.74) is 10.1. The number of rotatable bonds is 6. The Balaban J connectivity index is 1.78. The van der Waals surface area contributed by atoms with Crippen LogP contribution in [0.5, 0.6) is 0 Å². The van der Waals surface area contributed by atoms with Gasteiger partial charge in [0.2, 0.25) is 0 Å². The summed E-state index contributed by atoms with van der Waals surface area (Å²) in [6, 6.07) is 22.4. The van der Waals surface area contributed by atoms with Crippen LogP contribution in [-0.4, -0.2) is 15.7 Å². The van der Waals surface area contributed by atoms with E-state index in [4.69, 9.17) is 28.9 Å². The van der Waals surface area contributed by atoms with Crippen LogP contribution >= 0.6 is 39.1 Å². The van der Waals surface area contributed by atoms with Crippen LogP contribution in [0.2, 0.25) is 10.0 Å². The second-order valence-corrected chi connectivity index (χ2v) is 8.82. The molecule has 4 rings (SSSR count). The molecule has 5 nitrogen and oxygen atoms in total. The van der Waals surface area contributed by atoms with E-state index >= 15 is 0 Å². The number of nitrogens with zero attached hydrogens (tertiary/aromatic N) is 2. The Labute approximate surface area is 204 Å². The van der Waals surface area contributed by atoms with Gasteiger partial charge in [-0.05, 0) is 42.0 Å². The first-order valence-corrected chi connectivity index (χ1v) is 11.4. The second-order valence-electron chi connectivity index (χ2n) is 7.06. The molecule has 4 aromatic rings. The molecule has 0 saturated heterocycles. The number of hydrogen-bond acceptors (Lipinski definition) is 3. The number of hydrogen-bond donors (Lipinski definition) is 2. The minimum atomic E-state index is -0.311. The fraction of sp³-hybridized carbons (Fsp3) is 0.0833. The maximum atomic E-state index is 13.1. The lowest BCUT2D eigenvalue weighted by Crippen LogP contribution is -2.25. The van der Waals surface area contributed by atoms with Crippen LogP contribution in [0.25, 0.3) is 16.9 Å². The molecule has 1 aromatic heterocycles.